The molecule has 2 heterocycles. The van der Waals surface area contributed by atoms with E-state index in [9.17, 15) is 9.59 Å². The maximum absolute atomic E-state index is 12.1. The van der Waals surface area contributed by atoms with Gasteiger partial charge in [-0.05, 0) is 12.1 Å². The molecule has 1 aliphatic rings. The number of urea groups is 1. The number of nitrogens with zero attached hydrogens (tertiary/aromatic N) is 4. The molecular formula is C15H20N6O3. The van der Waals surface area contributed by atoms with E-state index in [0.717, 1.165) is 0 Å². The van der Waals surface area contributed by atoms with Crippen molar-refractivity contribution in [2.45, 2.75) is 13.0 Å². The molecule has 0 unspecified atom stereocenters. The Bertz CT molecular complexity index is 759. The molecule has 1 atom stereocenters. The highest BCUT2D eigenvalue weighted by atomic mass is 16.5. The van der Waals surface area contributed by atoms with E-state index >= 15 is 0 Å². The molecule has 1 aromatic heterocycles. The smallest absolute Gasteiger partial charge is 0.319 e. The highest BCUT2D eigenvalue weighted by molar-refractivity contribution is 5.98. The first-order valence-corrected chi connectivity index (χ1v) is 7.75. The van der Waals surface area contributed by atoms with Crippen LogP contribution < -0.4 is 10.6 Å². The summed E-state index contributed by atoms with van der Waals surface area (Å²) in [5.74, 6) is 0.0158. The lowest BCUT2D eigenvalue weighted by molar-refractivity contribution is -0.136. The summed E-state index contributed by atoms with van der Waals surface area (Å²) >= 11 is 0. The highest BCUT2D eigenvalue weighted by Crippen LogP contribution is 2.19. The van der Waals surface area contributed by atoms with Gasteiger partial charge in [-0.15, -0.1) is 0 Å². The maximum Gasteiger partial charge on any atom is 0.319 e. The van der Waals surface area contributed by atoms with E-state index in [2.05, 4.69) is 20.8 Å². The first-order valence-electron chi connectivity index (χ1n) is 7.75. The molecule has 1 aromatic carbocycles. The number of nitrogens with one attached hydrogen (secondary N) is 2. The summed E-state index contributed by atoms with van der Waals surface area (Å²) in [4.78, 5) is 26.7. The van der Waals surface area contributed by atoms with Crippen LogP contribution >= 0.6 is 0 Å². The van der Waals surface area contributed by atoms with Crippen LogP contribution in [0.2, 0.25) is 0 Å². The van der Waals surface area contributed by atoms with Crippen molar-refractivity contribution >= 4 is 28.7 Å². The van der Waals surface area contributed by atoms with E-state index in [-0.39, 0.29) is 18.0 Å². The van der Waals surface area contributed by atoms with Gasteiger partial charge >= 0.3 is 6.03 Å². The Morgan fingerprint density at radius 1 is 1.38 bits per heavy atom. The van der Waals surface area contributed by atoms with Gasteiger partial charge in [-0.25, -0.2) is 4.79 Å². The minimum absolute atomic E-state index is 0.0158. The number of carbonyl (C=O) groups is 2. The maximum atomic E-state index is 12.1. The number of amides is 3. The van der Waals surface area contributed by atoms with Crippen molar-refractivity contribution in [1.29, 1.82) is 0 Å². The molecule has 0 radical (unpaired) electrons. The summed E-state index contributed by atoms with van der Waals surface area (Å²) in [5.41, 5.74) is 1.93. The van der Waals surface area contributed by atoms with E-state index < -0.39 is 0 Å². The number of ether oxygens (including phenoxy) is 1. The van der Waals surface area contributed by atoms with Gasteiger partial charge < -0.3 is 20.3 Å². The topological polar surface area (TPSA) is 101 Å². The Labute approximate surface area is 138 Å². The molecule has 0 aliphatic carbocycles. The van der Waals surface area contributed by atoms with E-state index in [0.29, 0.717) is 43.0 Å². The van der Waals surface area contributed by atoms with Crippen LogP contribution in [0.5, 0.6) is 0 Å². The Morgan fingerprint density at radius 2 is 2.21 bits per heavy atom. The number of rotatable bonds is 3. The zero-order valence-electron chi connectivity index (χ0n) is 13.7. The van der Waals surface area contributed by atoms with Gasteiger partial charge in [0, 0.05) is 33.6 Å². The lowest BCUT2D eigenvalue weighted by Crippen LogP contribution is -2.49. The van der Waals surface area contributed by atoms with Gasteiger partial charge in [0.05, 0.1) is 18.4 Å². The molecule has 2 aromatic rings. The van der Waals surface area contributed by atoms with Crippen LogP contribution in [0.15, 0.2) is 18.2 Å². The molecule has 3 amide bonds. The summed E-state index contributed by atoms with van der Waals surface area (Å²) in [6.45, 7) is 3.41. The Balaban J connectivity index is 1.56. The zero-order valence-corrected chi connectivity index (χ0v) is 13.7. The van der Waals surface area contributed by atoms with Gasteiger partial charge in [0.1, 0.15) is 11.0 Å². The minimum atomic E-state index is -0.350. The van der Waals surface area contributed by atoms with Crippen molar-refractivity contribution in [3.63, 3.8) is 0 Å². The number of aryl methyl sites for hydroxylation is 1. The van der Waals surface area contributed by atoms with E-state index in [1.165, 1.54) is 11.7 Å². The third kappa shape index (κ3) is 3.62. The van der Waals surface area contributed by atoms with Crippen LogP contribution in [0.3, 0.4) is 0 Å². The van der Waals surface area contributed by atoms with Gasteiger partial charge in [0.2, 0.25) is 5.91 Å². The van der Waals surface area contributed by atoms with Gasteiger partial charge in [-0.3, -0.25) is 4.79 Å². The molecule has 1 saturated heterocycles. The number of carbonyl (C=O) groups excluding carboxylic acids is 2. The molecule has 3 rings (SSSR count). The van der Waals surface area contributed by atoms with Crippen molar-refractivity contribution in [2.24, 2.45) is 7.05 Å². The molecule has 1 fully saturated rings. The Hall–Kier alpha value is -2.68. The monoisotopic (exact) mass is 332 g/mol. The SMILES string of the molecule is CC(=O)N1CCO[C@@H](CNC(=O)Nc2cccc3nn(C)nc23)C1. The highest BCUT2D eigenvalue weighted by Gasteiger charge is 2.22. The number of benzene rings is 1. The fourth-order valence-corrected chi connectivity index (χ4v) is 2.64. The van der Waals surface area contributed by atoms with Gasteiger partial charge in [0.25, 0.3) is 0 Å². The fourth-order valence-electron chi connectivity index (χ4n) is 2.64. The molecule has 0 spiro atoms. The number of aromatic nitrogens is 3. The second kappa shape index (κ2) is 6.83. The number of anilines is 1. The van der Waals surface area contributed by atoms with Crippen LogP contribution in [0.1, 0.15) is 6.92 Å². The van der Waals surface area contributed by atoms with E-state index in [1.807, 2.05) is 12.1 Å². The summed E-state index contributed by atoms with van der Waals surface area (Å²) in [6, 6.07) is 5.06. The molecule has 24 heavy (non-hydrogen) atoms. The molecule has 1 aliphatic heterocycles. The van der Waals surface area contributed by atoms with Crippen LogP contribution in [-0.2, 0) is 16.6 Å². The van der Waals surface area contributed by atoms with Crippen molar-refractivity contribution in [2.75, 3.05) is 31.6 Å². The minimum Gasteiger partial charge on any atom is -0.373 e. The second-order valence-corrected chi connectivity index (χ2v) is 5.66. The summed E-state index contributed by atoms with van der Waals surface area (Å²) in [5, 5.41) is 14.0. The van der Waals surface area contributed by atoms with Gasteiger partial charge in [-0.1, -0.05) is 6.07 Å². The average molecular weight is 332 g/mol. The molecule has 128 valence electrons. The summed E-state index contributed by atoms with van der Waals surface area (Å²) in [7, 11) is 1.73. The Kier molecular flexibility index (Phi) is 4.61. The third-order valence-corrected chi connectivity index (χ3v) is 3.83. The predicted octanol–water partition coefficient (Wildman–Crippen LogP) is 0.337. The van der Waals surface area contributed by atoms with Crippen molar-refractivity contribution < 1.29 is 14.3 Å². The predicted molar refractivity (Wildman–Crippen MR) is 87.5 cm³/mol. The third-order valence-electron chi connectivity index (χ3n) is 3.83. The number of fused-ring (bicyclic) bond motifs is 1. The van der Waals surface area contributed by atoms with Crippen molar-refractivity contribution in [3.05, 3.63) is 18.2 Å². The van der Waals surface area contributed by atoms with Crippen LogP contribution in [-0.4, -0.2) is 64.2 Å². The van der Waals surface area contributed by atoms with Crippen LogP contribution in [0.25, 0.3) is 11.0 Å². The van der Waals surface area contributed by atoms with Crippen molar-refractivity contribution in [1.82, 2.24) is 25.2 Å². The first-order chi connectivity index (χ1) is 11.5. The molecule has 9 nitrogen and oxygen atoms in total. The molecule has 0 saturated carbocycles. The van der Waals surface area contributed by atoms with E-state index in [1.54, 1.807) is 18.0 Å². The van der Waals surface area contributed by atoms with Crippen LogP contribution in [0.4, 0.5) is 10.5 Å². The average Bonchev–Trinajstić information content (AvgIpc) is 2.94. The largest absolute Gasteiger partial charge is 0.373 e. The normalized spacial score (nSPS) is 17.8. The number of hydrogen-bond donors (Lipinski definition) is 2. The number of hydrogen-bond acceptors (Lipinski definition) is 5. The molecule has 9 heteroatoms. The second-order valence-electron chi connectivity index (χ2n) is 5.66. The van der Waals surface area contributed by atoms with Crippen LogP contribution in [0, 0.1) is 0 Å². The van der Waals surface area contributed by atoms with Crippen molar-refractivity contribution in [3.8, 4) is 0 Å². The molecule has 2 N–H and O–H groups in total. The van der Waals surface area contributed by atoms with E-state index in [4.69, 9.17) is 4.74 Å². The lowest BCUT2D eigenvalue weighted by Gasteiger charge is -2.32. The summed E-state index contributed by atoms with van der Waals surface area (Å²) in [6.07, 6.45) is -0.208. The lowest BCUT2D eigenvalue weighted by atomic mass is 10.2. The zero-order chi connectivity index (χ0) is 17.1. The quantitative estimate of drug-likeness (QED) is 0.844. The molecule has 0 bridgehead atoms. The van der Waals surface area contributed by atoms with Gasteiger partial charge in [0.15, 0.2) is 0 Å². The molecular weight excluding hydrogens is 312 g/mol. The van der Waals surface area contributed by atoms with Gasteiger partial charge in [-0.2, -0.15) is 15.0 Å². The summed E-state index contributed by atoms with van der Waals surface area (Å²) < 4.78 is 5.57. The first kappa shape index (κ1) is 16.2. The number of morpholine rings is 1. The Morgan fingerprint density at radius 3 is 3.00 bits per heavy atom. The fraction of sp³-hybridized carbons (Fsp3) is 0.467. The standard InChI is InChI=1S/C15H20N6O3/c1-10(22)21-6-7-24-11(9-21)8-16-15(23)17-12-4-3-5-13-14(12)19-20(2)18-13/h3-5,11H,6-9H2,1-2H3,(H2,16,17,23)/t11-/m0/s1.